The molecule has 0 spiro atoms. The van der Waals surface area contributed by atoms with Crippen LogP contribution in [0, 0.1) is 14.9 Å². The van der Waals surface area contributed by atoms with Gasteiger partial charge in [0.05, 0.1) is 0 Å². The summed E-state index contributed by atoms with van der Waals surface area (Å²) in [6.07, 6.45) is 0. The SMILES string of the molecule is [CH3-].[CH3-].[Pd+][I].[Pd+][I].c1ccc(P(c2ccccc2)c2ccccc2)cc1.c1ccc(P(c2ccccc2)c2ccccc2)cc1. The first-order valence-electron chi connectivity index (χ1n) is 13.0. The maximum absolute atomic E-state index is 2.72. The van der Waals surface area contributed by atoms with Gasteiger partial charge in [0.15, 0.2) is 0 Å². The van der Waals surface area contributed by atoms with E-state index >= 15 is 0 Å². The number of benzene rings is 6. The van der Waals surface area contributed by atoms with Crippen molar-refractivity contribution in [2.45, 2.75) is 0 Å². The smallest absolute Gasteiger partial charge is 0.0134 e. The van der Waals surface area contributed by atoms with Crippen molar-refractivity contribution in [3.8, 4) is 0 Å². The van der Waals surface area contributed by atoms with Gasteiger partial charge in [-0.05, 0) is 47.7 Å². The molecule has 0 bridgehead atoms. The fraction of sp³-hybridized carbons (Fsp3) is 0. The summed E-state index contributed by atoms with van der Waals surface area (Å²) in [4.78, 5) is 0. The standard InChI is InChI=1S/2C18H15P.2CH3.2HI.2Pd/c2*1-4-10-16(11-5-1)19(17-12-6-2-7-13-17)18-14-8-3-9-15-18;;;;;;/h2*1-15H;2*1H3;2*1H;;/q;;2*-1;;;2*+2/p-2. The Hall–Kier alpha value is -1.04. The van der Waals surface area contributed by atoms with Crippen LogP contribution in [-0.2, 0) is 31.2 Å². The topological polar surface area (TPSA) is 0 Å². The zero-order valence-electron chi connectivity index (χ0n) is 24.6. The fourth-order valence-electron chi connectivity index (χ4n) is 4.36. The summed E-state index contributed by atoms with van der Waals surface area (Å²) in [6, 6.07) is 64.7. The van der Waals surface area contributed by atoms with Crippen LogP contribution in [0.15, 0.2) is 182 Å². The van der Waals surface area contributed by atoms with E-state index in [0.717, 1.165) is 0 Å². The van der Waals surface area contributed by atoms with E-state index in [1.165, 1.54) is 31.8 Å². The molecule has 6 heteroatoms. The first-order valence-corrected chi connectivity index (χ1v) is 25.0. The van der Waals surface area contributed by atoms with Gasteiger partial charge in [-0.25, -0.2) is 0 Å². The Morgan fingerprint density at radius 2 is 0.364 bits per heavy atom. The summed E-state index contributed by atoms with van der Waals surface area (Å²) in [7, 11) is -0.892. The van der Waals surface area contributed by atoms with E-state index < -0.39 is 15.8 Å². The molecule has 0 nitrogen and oxygen atoms in total. The Morgan fingerprint density at radius 3 is 0.477 bits per heavy atom. The molecule has 0 N–H and O–H groups in total. The van der Waals surface area contributed by atoms with Gasteiger partial charge in [0.25, 0.3) is 0 Å². The number of halogens is 2. The van der Waals surface area contributed by atoms with Crippen LogP contribution >= 0.6 is 54.9 Å². The third kappa shape index (κ3) is 13.0. The molecule has 0 fully saturated rings. The molecule has 0 heterocycles. The molecule has 0 saturated heterocycles. The second-order valence-corrected chi connectivity index (χ2v) is 13.1. The minimum Gasteiger partial charge on any atom is -0.0622 e. The van der Waals surface area contributed by atoms with Gasteiger partial charge in [-0.2, -0.15) is 0 Å². The van der Waals surface area contributed by atoms with Gasteiger partial charge in [-0.15, -0.1) is 0 Å². The molecular weight excluding hydrogens is 985 g/mol. The molecule has 232 valence electrons. The summed E-state index contributed by atoms with van der Waals surface area (Å²) < 4.78 is 0. The van der Waals surface area contributed by atoms with Gasteiger partial charge in [-0.3, -0.25) is 0 Å². The molecule has 6 aromatic carbocycles. The van der Waals surface area contributed by atoms with Gasteiger partial charge >= 0.3 is 70.2 Å². The third-order valence-electron chi connectivity index (χ3n) is 6.09. The van der Waals surface area contributed by atoms with Crippen LogP contribution < -0.4 is 31.8 Å². The van der Waals surface area contributed by atoms with Crippen molar-refractivity contribution in [2.24, 2.45) is 0 Å². The van der Waals surface area contributed by atoms with E-state index in [-0.39, 0.29) is 14.9 Å². The first-order chi connectivity index (χ1) is 20.9. The van der Waals surface area contributed by atoms with Crippen molar-refractivity contribution < 1.29 is 31.2 Å². The van der Waals surface area contributed by atoms with E-state index in [1.54, 1.807) is 0 Å². The molecule has 0 aliphatic heterocycles. The molecular formula is C38H36I2P2Pd2. The molecule has 6 aromatic rings. The third-order valence-corrected chi connectivity index (χ3v) is 11.0. The number of rotatable bonds is 6. The number of hydrogen-bond acceptors (Lipinski definition) is 0. The zero-order chi connectivity index (χ0) is 29.8. The van der Waals surface area contributed by atoms with Crippen molar-refractivity contribution in [1.29, 1.82) is 0 Å². The largest absolute Gasteiger partial charge is 0.0622 e. The average molecular weight is 1020 g/mol. The molecule has 0 radical (unpaired) electrons. The van der Waals surface area contributed by atoms with Crippen LogP contribution in [0.5, 0.6) is 0 Å². The summed E-state index contributed by atoms with van der Waals surface area (Å²) in [5.41, 5.74) is 0. The zero-order valence-corrected chi connectivity index (χ0v) is 33.8. The predicted molar refractivity (Wildman–Crippen MR) is 211 cm³/mol. The van der Waals surface area contributed by atoms with Gasteiger partial charge in [0.1, 0.15) is 0 Å². The summed E-state index contributed by atoms with van der Waals surface area (Å²) in [5.74, 6) is 0. The maximum atomic E-state index is 2.72. The Morgan fingerprint density at radius 1 is 0.250 bits per heavy atom. The van der Waals surface area contributed by atoms with Gasteiger partial charge < -0.3 is 14.9 Å². The van der Waals surface area contributed by atoms with Crippen molar-refractivity contribution >= 4 is 86.7 Å². The van der Waals surface area contributed by atoms with Gasteiger partial charge in [-0.1, -0.05) is 182 Å². The Balaban J connectivity index is 0.000000380. The number of hydrogen-bond donors (Lipinski definition) is 0. The quantitative estimate of drug-likeness (QED) is 0.0676. The van der Waals surface area contributed by atoms with Crippen LogP contribution in [0.3, 0.4) is 0 Å². The first kappa shape index (κ1) is 41.0. The van der Waals surface area contributed by atoms with Gasteiger partial charge in [0, 0.05) is 0 Å². The summed E-state index contributed by atoms with van der Waals surface area (Å²) in [6.45, 7) is 0. The van der Waals surface area contributed by atoms with Crippen molar-refractivity contribution in [1.82, 2.24) is 0 Å². The molecule has 44 heavy (non-hydrogen) atoms. The maximum Gasteiger partial charge on any atom is -0.0134 e. The molecule has 0 amide bonds. The minimum absolute atomic E-state index is 0. The molecule has 0 aromatic heterocycles. The summed E-state index contributed by atoms with van der Waals surface area (Å²) >= 11 is 9.44. The van der Waals surface area contributed by atoms with E-state index in [0.29, 0.717) is 0 Å². The van der Waals surface area contributed by atoms with Crippen molar-refractivity contribution in [2.75, 3.05) is 0 Å². The van der Waals surface area contributed by atoms with Crippen LogP contribution in [-0.4, -0.2) is 0 Å². The van der Waals surface area contributed by atoms with Crippen LogP contribution in [0.4, 0.5) is 0 Å². The molecule has 0 atom stereocenters. The Labute approximate surface area is 311 Å². The molecule has 0 unspecified atom stereocenters. The molecule has 0 aliphatic carbocycles. The monoisotopic (exact) mass is 1020 g/mol. The Kier molecular flexibility index (Phi) is 23.4. The Bertz CT molecular complexity index is 1190. The van der Waals surface area contributed by atoms with E-state index in [9.17, 15) is 0 Å². The van der Waals surface area contributed by atoms with Crippen LogP contribution in [0.1, 0.15) is 0 Å². The average Bonchev–Trinajstić information content (AvgIpc) is 3.10. The molecule has 0 saturated carbocycles. The minimum atomic E-state index is -0.446. The summed E-state index contributed by atoms with van der Waals surface area (Å²) in [5, 5.41) is 8.39. The van der Waals surface area contributed by atoms with E-state index in [1.807, 2.05) is 39.0 Å². The van der Waals surface area contributed by atoms with Crippen molar-refractivity contribution in [3.63, 3.8) is 0 Å². The van der Waals surface area contributed by atoms with Gasteiger partial charge in [0.2, 0.25) is 0 Å². The van der Waals surface area contributed by atoms with E-state index in [4.69, 9.17) is 0 Å². The fourth-order valence-corrected chi connectivity index (χ4v) is 8.97. The second-order valence-electron chi connectivity index (χ2n) is 8.68. The van der Waals surface area contributed by atoms with Crippen molar-refractivity contribution in [3.05, 3.63) is 197 Å². The molecule has 6 rings (SSSR count). The van der Waals surface area contributed by atoms with Crippen LogP contribution in [0.2, 0.25) is 0 Å². The van der Waals surface area contributed by atoms with E-state index in [2.05, 4.69) is 213 Å². The normalized spacial score (nSPS) is 9.45. The van der Waals surface area contributed by atoms with Crippen LogP contribution in [0.25, 0.3) is 0 Å². The predicted octanol–water partition coefficient (Wildman–Crippen LogP) is 9.56. The molecule has 0 aliphatic rings. The second kappa shape index (κ2) is 25.1.